The second-order valence-electron chi connectivity index (χ2n) is 10.8. The van der Waals surface area contributed by atoms with Crippen LogP contribution in [-0.2, 0) is 19.3 Å². The summed E-state index contributed by atoms with van der Waals surface area (Å²) in [5.74, 6) is 2.82. The molecular weight excluding hydrogens is 400 g/mol. The molecule has 2 aromatic rings. The van der Waals surface area contributed by atoms with Crippen LogP contribution in [0.15, 0.2) is 30.3 Å². The normalized spacial score (nSPS) is 19.0. The fourth-order valence-corrected chi connectivity index (χ4v) is 5.53. The molecular formula is C32H48O. The molecule has 0 radical (unpaired) electrons. The summed E-state index contributed by atoms with van der Waals surface area (Å²) in [4.78, 5) is 0. The summed E-state index contributed by atoms with van der Waals surface area (Å²) in [6.07, 6.45) is 10.8. The van der Waals surface area contributed by atoms with Gasteiger partial charge in [0.1, 0.15) is 5.75 Å². The van der Waals surface area contributed by atoms with Gasteiger partial charge in [0.2, 0.25) is 0 Å². The first-order valence-corrected chi connectivity index (χ1v) is 13.8. The van der Waals surface area contributed by atoms with Crippen molar-refractivity contribution in [2.75, 3.05) is 6.61 Å². The van der Waals surface area contributed by atoms with Crippen LogP contribution in [0.4, 0.5) is 0 Å². The summed E-state index contributed by atoms with van der Waals surface area (Å²) in [5.41, 5.74) is 8.81. The molecule has 0 spiro atoms. The van der Waals surface area contributed by atoms with E-state index < -0.39 is 0 Å². The minimum absolute atomic E-state index is 0.244. The molecule has 0 unspecified atom stereocenters. The van der Waals surface area contributed by atoms with E-state index in [-0.39, 0.29) is 5.41 Å². The van der Waals surface area contributed by atoms with Crippen LogP contribution in [0.25, 0.3) is 11.1 Å². The van der Waals surface area contributed by atoms with Crippen molar-refractivity contribution < 1.29 is 4.74 Å². The van der Waals surface area contributed by atoms with E-state index in [2.05, 4.69) is 78.8 Å². The third-order valence-electron chi connectivity index (χ3n) is 8.64. The molecule has 1 saturated carbocycles. The molecule has 3 rings (SSSR count). The molecule has 33 heavy (non-hydrogen) atoms. The largest absolute Gasteiger partial charge is 0.492 e. The molecule has 1 fully saturated rings. The number of aryl methyl sites for hydroxylation is 1. The fraction of sp³-hybridized carbons (Fsp3) is 0.625. The summed E-state index contributed by atoms with van der Waals surface area (Å²) >= 11 is 0. The van der Waals surface area contributed by atoms with Crippen LogP contribution in [0.1, 0.15) is 115 Å². The lowest BCUT2D eigenvalue weighted by atomic mass is 9.79. The van der Waals surface area contributed by atoms with E-state index in [0.29, 0.717) is 0 Å². The molecule has 0 bridgehead atoms. The minimum atomic E-state index is 0.244. The molecule has 2 aromatic carbocycles. The van der Waals surface area contributed by atoms with Crippen LogP contribution in [0.5, 0.6) is 5.75 Å². The zero-order valence-corrected chi connectivity index (χ0v) is 22.5. The summed E-state index contributed by atoms with van der Waals surface area (Å²) in [7, 11) is 0. The average Bonchev–Trinajstić information content (AvgIpc) is 2.86. The fourth-order valence-electron chi connectivity index (χ4n) is 5.53. The van der Waals surface area contributed by atoms with Crippen LogP contribution in [0, 0.1) is 11.3 Å². The predicted molar refractivity (Wildman–Crippen MR) is 145 cm³/mol. The predicted octanol–water partition coefficient (Wildman–Crippen LogP) is 9.54. The molecule has 1 aliphatic rings. The Hall–Kier alpha value is -1.76. The quantitative estimate of drug-likeness (QED) is 0.351. The number of rotatable bonds is 10. The molecule has 1 aliphatic carbocycles. The van der Waals surface area contributed by atoms with E-state index in [1.165, 1.54) is 64.8 Å². The van der Waals surface area contributed by atoms with Gasteiger partial charge in [-0.3, -0.25) is 0 Å². The van der Waals surface area contributed by atoms with Crippen molar-refractivity contribution in [1.82, 2.24) is 0 Å². The summed E-state index contributed by atoms with van der Waals surface area (Å²) < 4.78 is 6.64. The van der Waals surface area contributed by atoms with E-state index in [1.54, 1.807) is 0 Å². The van der Waals surface area contributed by atoms with Gasteiger partial charge in [0.15, 0.2) is 0 Å². The number of ether oxygens (including phenoxy) is 1. The van der Waals surface area contributed by atoms with E-state index in [0.717, 1.165) is 50.5 Å². The molecule has 1 nitrogen and oxygen atoms in total. The van der Waals surface area contributed by atoms with Crippen LogP contribution >= 0.6 is 0 Å². The van der Waals surface area contributed by atoms with Gasteiger partial charge in [-0.15, -0.1) is 0 Å². The minimum Gasteiger partial charge on any atom is -0.492 e. The van der Waals surface area contributed by atoms with Crippen molar-refractivity contribution in [3.8, 4) is 16.9 Å². The second kappa shape index (κ2) is 11.6. The van der Waals surface area contributed by atoms with Gasteiger partial charge >= 0.3 is 0 Å². The highest BCUT2D eigenvalue weighted by Gasteiger charge is 2.24. The topological polar surface area (TPSA) is 9.23 Å². The summed E-state index contributed by atoms with van der Waals surface area (Å²) in [5, 5.41) is 0. The van der Waals surface area contributed by atoms with E-state index in [4.69, 9.17) is 4.74 Å². The van der Waals surface area contributed by atoms with Crippen LogP contribution < -0.4 is 4.74 Å². The van der Waals surface area contributed by atoms with Gasteiger partial charge in [-0.1, -0.05) is 85.6 Å². The third kappa shape index (κ3) is 5.84. The SMILES string of the molecule is CCc1cc(-c2ccc(C3CCC(C)CC3)cc2)c(CC)c(CC)c1OCC(C)(CC)CC. The summed E-state index contributed by atoms with van der Waals surface area (Å²) in [6.45, 7) is 17.0. The maximum absolute atomic E-state index is 6.64. The monoisotopic (exact) mass is 448 g/mol. The molecule has 0 heterocycles. The molecule has 1 heteroatoms. The number of hydrogen-bond acceptors (Lipinski definition) is 1. The van der Waals surface area contributed by atoms with Gasteiger partial charge in [0.25, 0.3) is 0 Å². The number of hydrogen-bond donors (Lipinski definition) is 0. The molecule has 0 saturated heterocycles. The first-order chi connectivity index (χ1) is 15.9. The van der Waals surface area contributed by atoms with Crippen LogP contribution in [0.2, 0.25) is 0 Å². The van der Waals surface area contributed by atoms with Gasteiger partial charge < -0.3 is 4.74 Å². The van der Waals surface area contributed by atoms with Crippen molar-refractivity contribution in [1.29, 1.82) is 0 Å². The van der Waals surface area contributed by atoms with Crippen molar-refractivity contribution in [2.45, 2.75) is 112 Å². The van der Waals surface area contributed by atoms with E-state index >= 15 is 0 Å². The van der Waals surface area contributed by atoms with Crippen molar-refractivity contribution in [3.05, 3.63) is 52.6 Å². The molecule has 0 atom stereocenters. The third-order valence-corrected chi connectivity index (χ3v) is 8.64. The Morgan fingerprint density at radius 2 is 1.42 bits per heavy atom. The Balaban J connectivity index is 1.95. The molecule has 0 amide bonds. The Morgan fingerprint density at radius 3 is 1.94 bits per heavy atom. The average molecular weight is 449 g/mol. The van der Waals surface area contributed by atoms with E-state index in [9.17, 15) is 0 Å². The molecule has 0 N–H and O–H groups in total. The zero-order valence-electron chi connectivity index (χ0n) is 22.5. The first kappa shape index (κ1) is 25.9. The highest BCUT2D eigenvalue weighted by atomic mass is 16.5. The lowest BCUT2D eigenvalue weighted by Crippen LogP contribution is -2.24. The van der Waals surface area contributed by atoms with Gasteiger partial charge in [-0.2, -0.15) is 0 Å². The highest BCUT2D eigenvalue weighted by molar-refractivity contribution is 5.73. The van der Waals surface area contributed by atoms with Gasteiger partial charge in [0.05, 0.1) is 6.61 Å². The lowest BCUT2D eigenvalue weighted by molar-refractivity contribution is 0.150. The smallest absolute Gasteiger partial charge is 0.125 e. The van der Waals surface area contributed by atoms with Gasteiger partial charge in [-0.25, -0.2) is 0 Å². The Kier molecular flexibility index (Phi) is 9.08. The summed E-state index contributed by atoms with van der Waals surface area (Å²) in [6, 6.07) is 12.0. The second-order valence-corrected chi connectivity index (χ2v) is 10.8. The lowest BCUT2D eigenvalue weighted by Gasteiger charge is -2.29. The number of benzene rings is 2. The first-order valence-electron chi connectivity index (χ1n) is 13.8. The maximum Gasteiger partial charge on any atom is 0.125 e. The van der Waals surface area contributed by atoms with Crippen molar-refractivity contribution >= 4 is 0 Å². The molecule has 0 aromatic heterocycles. The maximum atomic E-state index is 6.64. The standard InChI is InChI=1S/C32H48O/c1-8-24-21-30(27-19-17-26(18-20-27)25-15-13-23(6)14-16-25)28(9-2)29(10-3)31(24)33-22-32(7,11-4)12-5/h17-21,23,25H,8-16,22H2,1-7H3. The Bertz CT molecular complexity index is 880. The molecule has 0 aliphatic heterocycles. The molecule has 182 valence electrons. The van der Waals surface area contributed by atoms with Crippen molar-refractivity contribution in [2.24, 2.45) is 11.3 Å². The van der Waals surface area contributed by atoms with Crippen LogP contribution in [0.3, 0.4) is 0 Å². The van der Waals surface area contributed by atoms with Gasteiger partial charge in [-0.05, 0) is 96.2 Å². The Morgan fingerprint density at radius 1 is 0.818 bits per heavy atom. The van der Waals surface area contributed by atoms with Crippen LogP contribution in [-0.4, -0.2) is 6.61 Å². The van der Waals surface area contributed by atoms with Crippen molar-refractivity contribution in [3.63, 3.8) is 0 Å². The Labute approximate surface area is 204 Å². The van der Waals surface area contributed by atoms with Gasteiger partial charge in [0, 0.05) is 5.41 Å². The highest BCUT2D eigenvalue weighted by Crippen LogP contribution is 2.40. The zero-order chi connectivity index (χ0) is 24.0. The van der Waals surface area contributed by atoms with E-state index in [1.807, 2.05) is 0 Å².